The second-order valence-electron chi connectivity index (χ2n) is 4.95. The summed E-state index contributed by atoms with van der Waals surface area (Å²) in [7, 11) is 0. The molecular weight excluding hydrogens is 251 g/mol. The van der Waals surface area contributed by atoms with E-state index < -0.39 is 10.7 Å². The first kappa shape index (κ1) is 13.7. The smallest absolute Gasteiger partial charge is 0.313 e. The van der Waals surface area contributed by atoms with E-state index in [0.717, 1.165) is 19.0 Å². The molecule has 0 aromatic heterocycles. The van der Waals surface area contributed by atoms with E-state index in [0.29, 0.717) is 18.0 Å². The summed E-state index contributed by atoms with van der Waals surface area (Å²) in [5.74, 6) is -0.135. The number of rotatable bonds is 3. The SMILES string of the molecule is Cc1cc(OC2CNCCC2C)c([N+](=O)[O-])cc1F. The van der Waals surface area contributed by atoms with Crippen molar-refractivity contribution in [2.45, 2.75) is 26.4 Å². The van der Waals surface area contributed by atoms with Gasteiger partial charge in [-0.15, -0.1) is 0 Å². The highest BCUT2D eigenvalue weighted by atomic mass is 19.1. The molecule has 6 heteroatoms. The third-order valence-corrected chi connectivity index (χ3v) is 3.47. The molecule has 1 fully saturated rings. The van der Waals surface area contributed by atoms with Crippen molar-refractivity contribution in [1.29, 1.82) is 0 Å². The van der Waals surface area contributed by atoms with E-state index in [-0.39, 0.29) is 17.5 Å². The van der Waals surface area contributed by atoms with Crippen molar-refractivity contribution < 1.29 is 14.1 Å². The van der Waals surface area contributed by atoms with Crippen molar-refractivity contribution in [3.8, 4) is 5.75 Å². The predicted molar refractivity (Wildman–Crippen MR) is 68.9 cm³/mol. The summed E-state index contributed by atoms with van der Waals surface area (Å²) in [4.78, 5) is 10.3. The van der Waals surface area contributed by atoms with Gasteiger partial charge < -0.3 is 10.1 Å². The normalized spacial score (nSPS) is 23.1. The van der Waals surface area contributed by atoms with E-state index >= 15 is 0 Å². The molecule has 0 radical (unpaired) electrons. The molecule has 5 nitrogen and oxygen atoms in total. The molecule has 1 heterocycles. The van der Waals surface area contributed by atoms with Crippen LogP contribution in [0.1, 0.15) is 18.9 Å². The first-order chi connectivity index (χ1) is 8.99. The summed E-state index contributed by atoms with van der Waals surface area (Å²) < 4.78 is 19.1. The molecule has 0 saturated carbocycles. The molecule has 1 N–H and O–H groups in total. The van der Waals surface area contributed by atoms with Crippen molar-refractivity contribution >= 4 is 5.69 Å². The summed E-state index contributed by atoms with van der Waals surface area (Å²) in [6, 6.07) is 2.32. The summed E-state index contributed by atoms with van der Waals surface area (Å²) in [5, 5.41) is 14.1. The van der Waals surface area contributed by atoms with Crippen molar-refractivity contribution in [1.82, 2.24) is 5.32 Å². The van der Waals surface area contributed by atoms with Gasteiger partial charge in [-0.2, -0.15) is 0 Å². The molecule has 1 saturated heterocycles. The monoisotopic (exact) mass is 268 g/mol. The van der Waals surface area contributed by atoms with Crippen LogP contribution in [0.4, 0.5) is 10.1 Å². The average molecular weight is 268 g/mol. The largest absolute Gasteiger partial charge is 0.482 e. The number of hydrogen-bond donors (Lipinski definition) is 1. The molecule has 0 amide bonds. The number of nitrogens with one attached hydrogen (secondary N) is 1. The minimum absolute atomic E-state index is 0.127. The molecule has 1 aliphatic heterocycles. The van der Waals surface area contributed by atoms with E-state index in [1.165, 1.54) is 6.07 Å². The fourth-order valence-electron chi connectivity index (χ4n) is 2.16. The van der Waals surface area contributed by atoms with Gasteiger partial charge in [0.25, 0.3) is 0 Å². The molecular formula is C13H17FN2O3. The van der Waals surface area contributed by atoms with Crippen LogP contribution in [0, 0.1) is 28.8 Å². The van der Waals surface area contributed by atoms with E-state index in [4.69, 9.17) is 4.74 Å². The second kappa shape index (κ2) is 5.52. The van der Waals surface area contributed by atoms with Gasteiger partial charge in [-0.3, -0.25) is 10.1 Å². The number of piperidine rings is 1. The van der Waals surface area contributed by atoms with Crippen LogP contribution >= 0.6 is 0 Å². The number of aryl methyl sites for hydroxylation is 1. The van der Waals surface area contributed by atoms with Crippen LogP contribution < -0.4 is 10.1 Å². The molecule has 19 heavy (non-hydrogen) atoms. The molecule has 1 aromatic carbocycles. The lowest BCUT2D eigenvalue weighted by Crippen LogP contribution is -2.42. The third-order valence-electron chi connectivity index (χ3n) is 3.47. The van der Waals surface area contributed by atoms with Crippen LogP contribution in [0.3, 0.4) is 0 Å². The minimum Gasteiger partial charge on any atom is -0.482 e. The zero-order valence-electron chi connectivity index (χ0n) is 11.0. The van der Waals surface area contributed by atoms with Crippen LogP contribution in [0.15, 0.2) is 12.1 Å². The topological polar surface area (TPSA) is 64.4 Å². The van der Waals surface area contributed by atoms with Crippen LogP contribution in [-0.4, -0.2) is 24.1 Å². The van der Waals surface area contributed by atoms with Gasteiger partial charge in [-0.1, -0.05) is 6.92 Å². The van der Waals surface area contributed by atoms with Gasteiger partial charge >= 0.3 is 5.69 Å². The second-order valence-corrected chi connectivity index (χ2v) is 4.95. The molecule has 2 atom stereocenters. The lowest BCUT2D eigenvalue weighted by Gasteiger charge is -2.29. The standard InChI is InChI=1S/C13H17FN2O3/c1-8-3-4-15-7-13(8)19-12-5-9(2)10(14)6-11(12)16(17)18/h5-6,8,13,15H,3-4,7H2,1-2H3. The Labute approximate surface area is 110 Å². The van der Waals surface area contributed by atoms with Crippen LogP contribution in [0.5, 0.6) is 5.75 Å². The van der Waals surface area contributed by atoms with Gasteiger partial charge in [0.2, 0.25) is 0 Å². The Hall–Kier alpha value is -1.69. The fourth-order valence-corrected chi connectivity index (χ4v) is 2.16. The molecule has 0 spiro atoms. The highest BCUT2D eigenvalue weighted by Gasteiger charge is 2.26. The Balaban J connectivity index is 2.27. The van der Waals surface area contributed by atoms with Gasteiger partial charge in [0.1, 0.15) is 11.9 Å². The zero-order valence-corrected chi connectivity index (χ0v) is 11.0. The third kappa shape index (κ3) is 3.01. The highest BCUT2D eigenvalue weighted by molar-refractivity contribution is 5.49. The molecule has 2 unspecified atom stereocenters. The molecule has 0 aliphatic carbocycles. The van der Waals surface area contributed by atoms with E-state index in [9.17, 15) is 14.5 Å². The predicted octanol–water partition coefficient (Wildman–Crippen LogP) is 2.42. The zero-order chi connectivity index (χ0) is 14.0. The van der Waals surface area contributed by atoms with Crippen molar-refractivity contribution in [3.05, 3.63) is 33.6 Å². The summed E-state index contributed by atoms with van der Waals surface area (Å²) in [5.41, 5.74) is 0.0258. The molecule has 104 valence electrons. The lowest BCUT2D eigenvalue weighted by atomic mass is 9.97. The Morgan fingerprint density at radius 3 is 2.89 bits per heavy atom. The summed E-state index contributed by atoms with van der Waals surface area (Å²) in [6.45, 7) is 5.18. The lowest BCUT2D eigenvalue weighted by molar-refractivity contribution is -0.386. The highest BCUT2D eigenvalue weighted by Crippen LogP contribution is 2.32. The van der Waals surface area contributed by atoms with Gasteiger partial charge in [-0.05, 0) is 37.4 Å². The van der Waals surface area contributed by atoms with E-state index in [1.807, 2.05) is 6.92 Å². The number of nitro benzene ring substituents is 1. The first-order valence-corrected chi connectivity index (χ1v) is 6.31. The van der Waals surface area contributed by atoms with Gasteiger partial charge in [-0.25, -0.2) is 4.39 Å². The van der Waals surface area contributed by atoms with Crippen molar-refractivity contribution in [2.75, 3.05) is 13.1 Å². The van der Waals surface area contributed by atoms with Crippen molar-refractivity contribution in [3.63, 3.8) is 0 Å². The molecule has 2 rings (SSSR count). The van der Waals surface area contributed by atoms with Crippen molar-refractivity contribution in [2.24, 2.45) is 5.92 Å². The summed E-state index contributed by atoms with van der Waals surface area (Å²) >= 11 is 0. The molecule has 0 bridgehead atoms. The Kier molecular flexibility index (Phi) is 3.99. The number of ether oxygens (including phenoxy) is 1. The van der Waals surface area contributed by atoms with E-state index in [2.05, 4.69) is 5.32 Å². The number of nitrogens with zero attached hydrogens (tertiary/aromatic N) is 1. The quantitative estimate of drug-likeness (QED) is 0.675. The number of benzene rings is 1. The minimum atomic E-state index is -0.612. The van der Waals surface area contributed by atoms with Gasteiger partial charge in [0.05, 0.1) is 11.0 Å². The maximum absolute atomic E-state index is 13.4. The van der Waals surface area contributed by atoms with Crippen LogP contribution in [0.25, 0.3) is 0 Å². The molecule has 1 aromatic rings. The number of hydrogen-bond acceptors (Lipinski definition) is 4. The van der Waals surface area contributed by atoms with E-state index in [1.54, 1.807) is 6.92 Å². The first-order valence-electron chi connectivity index (χ1n) is 6.31. The summed E-state index contributed by atoms with van der Waals surface area (Å²) in [6.07, 6.45) is 0.829. The average Bonchev–Trinajstić information content (AvgIpc) is 2.36. The molecule has 1 aliphatic rings. The Morgan fingerprint density at radius 1 is 1.53 bits per heavy atom. The maximum atomic E-state index is 13.4. The van der Waals surface area contributed by atoms with Crippen LogP contribution in [-0.2, 0) is 0 Å². The Bertz CT molecular complexity index is 493. The van der Waals surface area contributed by atoms with Crippen LogP contribution in [0.2, 0.25) is 0 Å². The number of halogens is 1. The maximum Gasteiger partial charge on any atom is 0.313 e. The number of nitro groups is 1. The van der Waals surface area contributed by atoms with Gasteiger partial charge in [0, 0.05) is 6.54 Å². The van der Waals surface area contributed by atoms with Gasteiger partial charge in [0.15, 0.2) is 5.75 Å². The Morgan fingerprint density at radius 2 is 2.26 bits per heavy atom. The fraction of sp³-hybridized carbons (Fsp3) is 0.538.